The first-order valence-corrected chi connectivity index (χ1v) is 20.3. The van der Waals surface area contributed by atoms with Gasteiger partial charge in [-0.15, -0.1) is 0 Å². The van der Waals surface area contributed by atoms with Gasteiger partial charge in [0, 0.05) is 18.6 Å². The molecule has 6 aliphatic carbocycles. The van der Waals surface area contributed by atoms with Gasteiger partial charge in [-0.2, -0.15) is 0 Å². The highest BCUT2D eigenvalue weighted by Gasteiger charge is 2.70. The number of hydrogen-bond donors (Lipinski definition) is 2. The molecule has 5 saturated carbocycles. The number of benzene rings is 1. The molecule has 0 spiro atoms. The van der Waals surface area contributed by atoms with Crippen molar-refractivity contribution in [2.24, 2.45) is 56.7 Å². The fraction of sp³-hybridized carbons (Fsp3) is 0.756. The van der Waals surface area contributed by atoms with Crippen LogP contribution in [0, 0.1) is 56.7 Å². The molecule has 9 atom stereocenters. The molecule has 2 N–H and O–H groups in total. The Balaban J connectivity index is 1.17. The largest absolute Gasteiger partial charge is 0.478 e. The van der Waals surface area contributed by atoms with E-state index in [1.54, 1.807) is 12.1 Å². The van der Waals surface area contributed by atoms with Gasteiger partial charge in [0.15, 0.2) is 0 Å². The van der Waals surface area contributed by atoms with Crippen molar-refractivity contribution in [3.63, 3.8) is 0 Å². The average molecular weight is 669 g/mol. The van der Waals surface area contributed by atoms with Crippen LogP contribution in [0.4, 0.5) is 0 Å². The van der Waals surface area contributed by atoms with Crippen LogP contribution in [-0.4, -0.2) is 47.7 Å². The lowest BCUT2D eigenvalue weighted by Crippen LogP contribution is -2.66. The van der Waals surface area contributed by atoms with Gasteiger partial charge in [0.25, 0.3) is 0 Å². The van der Waals surface area contributed by atoms with Crippen molar-refractivity contribution in [3.05, 3.63) is 53.6 Å². The topological polar surface area (TPSA) is 52.6 Å². The van der Waals surface area contributed by atoms with Crippen molar-refractivity contribution in [2.75, 3.05) is 26.2 Å². The molecule has 0 bridgehead atoms. The summed E-state index contributed by atoms with van der Waals surface area (Å²) in [5, 5.41) is 13.8. The summed E-state index contributed by atoms with van der Waals surface area (Å²) >= 11 is 0. The van der Waals surface area contributed by atoms with Gasteiger partial charge in [0.2, 0.25) is 0 Å². The minimum absolute atomic E-state index is 0.0462. The molecule has 1 aromatic carbocycles. The van der Waals surface area contributed by atoms with E-state index in [2.05, 4.69) is 90.4 Å². The Hall–Kier alpha value is -1.91. The summed E-state index contributed by atoms with van der Waals surface area (Å²) in [6.07, 6.45) is 17.3. The monoisotopic (exact) mass is 669 g/mol. The third-order valence-corrected chi connectivity index (χ3v) is 17.3. The number of nitrogens with one attached hydrogen (secondary N) is 1. The Kier molecular flexibility index (Phi) is 8.75. The van der Waals surface area contributed by atoms with E-state index in [0.29, 0.717) is 39.2 Å². The molecule has 0 amide bonds. The van der Waals surface area contributed by atoms with Gasteiger partial charge in [-0.25, -0.2) is 4.79 Å². The molecular weight excluding hydrogens is 601 g/mol. The molecule has 0 radical (unpaired) electrons. The van der Waals surface area contributed by atoms with Gasteiger partial charge in [-0.3, -0.25) is 0 Å². The van der Waals surface area contributed by atoms with E-state index in [1.807, 2.05) is 0 Å². The molecule has 0 saturated heterocycles. The van der Waals surface area contributed by atoms with E-state index in [1.165, 1.54) is 94.0 Å². The number of carboxylic acids is 1. The standard InChI is InChI=1S/C45H68N2O2/c1-10-47(11-2)29-45(26-27-45)46-28-44-23-18-33(30(3)4)38(44)35-16-17-37-41(7)21-19-34(31-12-14-32(15-13-31)39(48)49)40(5,6)36(41)20-22-43(37,9)42(35,8)24-25-44/h12-15,19,33,35-38,46H,3,10-11,16-18,20-29H2,1-2,4-9H3,(H,48,49)/t33-,35+,36-,37+,38+,41?,42+,43+,44+/m0/s1. The third kappa shape index (κ3) is 5.29. The predicted molar refractivity (Wildman–Crippen MR) is 203 cm³/mol. The molecule has 4 heteroatoms. The van der Waals surface area contributed by atoms with Gasteiger partial charge in [0.05, 0.1) is 5.56 Å². The molecule has 0 aromatic heterocycles. The van der Waals surface area contributed by atoms with Crippen LogP contribution in [-0.2, 0) is 0 Å². The van der Waals surface area contributed by atoms with Gasteiger partial charge < -0.3 is 15.3 Å². The number of allylic oxidation sites excluding steroid dienone is 3. The zero-order valence-electron chi connectivity index (χ0n) is 32.4. The van der Waals surface area contributed by atoms with Crippen LogP contribution < -0.4 is 5.32 Å². The number of carbonyl (C=O) groups is 1. The highest BCUT2D eigenvalue weighted by atomic mass is 16.4. The number of nitrogens with zero attached hydrogens (tertiary/aromatic N) is 1. The summed E-state index contributed by atoms with van der Waals surface area (Å²) < 4.78 is 0. The number of hydrogen-bond acceptors (Lipinski definition) is 3. The third-order valence-electron chi connectivity index (χ3n) is 17.3. The maximum absolute atomic E-state index is 11.6. The number of aromatic carboxylic acids is 1. The summed E-state index contributed by atoms with van der Waals surface area (Å²) in [5.74, 6) is 2.71. The second-order valence-electron chi connectivity index (χ2n) is 19.6. The van der Waals surface area contributed by atoms with Crippen molar-refractivity contribution >= 4 is 11.5 Å². The first-order valence-electron chi connectivity index (χ1n) is 20.3. The van der Waals surface area contributed by atoms with E-state index >= 15 is 0 Å². The zero-order chi connectivity index (χ0) is 35.2. The Morgan fingerprint density at radius 3 is 2.18 bits per heavy atom. The van der Waals surface area contributed by atoms with E-state index in [4.69, 9.17) is 0 Å². The van der Waals surface area contributed by atoms with E-state index in [9.17, 15) is 9.90 Å². The van der Waals surface area contributed by atoms with Crippen LogP contribution in [0.2, 0.25) is 0 Å². The maximum Gasteiger partial charge on any atom is 0.335 e. The fourth-order valence-electron chi connectivity index (χ4n) is 14.3. The molecular formula is C45H68N2O2. The average Bonchev–Trinajstić information content (AvgIpc) is 3.72. The van der Waals surface area contributed by atoms with E-state index < -0.39 is 5.97 Å². The summed E-state index contributed by atoms with van der Waals surface area (Å²) in [5.41, 5.74) is 6.24. The van der Waals surface area contributed by atoms with Crippen LogP contribution in [0.5, 0.6) is 0 Å². The molecule has 4 nitrogen and oxygen atoms in total. The minimum Gasteiger partial charge on any atom is -0.478 e. The van der Waals surface area contributed by atoms with Crippen LogP contribution in [0.25, 0.3) is 5.57 Å². The van der Waals surface area contributed by atoms with Crippen molar-refractivity contribution in [2.45, 2.75) is 132 Å². The SMILES string of the molecule is C=C(C)[C@@H]1CC[C@]2(CNC3(CN(CC)CC)CC3)CC[C@]3(C)[C@H](CC[C@@H]4C5(C)CC=C(c6ccc(C(=O)O)cc6)C(C)(C)[C@@H]5CC[C@]43C)[C@@H]12. The van der Waals surface area contributed by atoms with E-state index in [0.717, 1.165) is 37.3 Å². The summed E-state index contributed by atoms with van der Waals surface area (Å²) in [7, 11) is 0. The molecule has 7 rings (SSSR count). The molecule has 1 aromatic rings. The predicted octanol–water partition coefficient (Wildman–Crippen LogP) is 10.5. The number of carboxylic acid groups (broad SMARTS) is 1. The first kappa shape index (κ1) is 35.5. The second kappa shape index (κ2) is 12.1. The molecule has 0 aliphatic heterocycles. The lowest BCUT2D eigenvalue weighted by molar-refractivity contribution is -0.225. The Bertz CT molecular complexity index is 1480. The van der Waals surface area contributed by atoms with Gasteiger partial charge in [-0.05, 0) is 171 Å². The van der Waals surface area contributed by atoms with Crippen molar-refractivity contribution < 1.29 is 9.90 Å². The zero-order valence-corrected chi connectivity index (χ0v) is 32.4. The normalized spacial score (nSPS) is 41.6. The first-order chi connectivity index (χ1) is 23.1. The second-order valence-corrected chi connectivity index (χ2v) is 19.6. The minimum atomic E-state index is -0.850. The van der Waals surface area contributed by atoms with Crippen LogP contribution in [0.1, 0.15) is 142 Å². The van der Waals surface area contributed by atoms with Gasteiger partial charge in [0.1, 0.15) is 0 Å². The summed E-state index contributed by atoms with van der Waals surface area (Å²) in [4.78, 5) is 14.2. The van der Waals surface area contributed by atoms with Crippen LogP contribution >= 0.6 is 0 Å². The summed E-state index contributed by atoms with van der Waals surface area (Å²) in [6.45, 7) is 29.6. The highest BCUT2D eigenvalue weighted by molar-refractivity contribution is 5.88. The van der Waals surface area contributed by atoms with Crippen molar-refractivity contribution in [1.82, 2.24) is 10.2 Å². The summed E-state index contributed by atoms with van der Waals surface area (Å²) in [6, 6.07) is 7.68. The molecule has 5 fully saturated rings. The Morgan fingerprint density at radius 1 is 0.878 bits per heavy atom. The highest BCUT2D eigenvalue weighted by Crippen LogP contribution is 2.77. The molecule has 270 valence electrons. The quantitative estimate of drug-likeness (QED) is 0.244. The van der Waals surface area contributed by atoms with E-state index in [-0.39, 0.29) is 10.8 Å². The smallest absolute Gasteiger partial charge is 0.335 e. The van der Waals surface area contributed by atoms with Crippen LogP contribution in [0.3, 0.4) is 0 Å². The number of rotatable bonds is 10. The maximum atomic E-state index is 11.6. The van der Waals surface area contributed by atoms with Crippen molar-refractivity contribution in [3.8, 4) is 0 Å². The number of likely N-dealkylation sites (N-methyl/N-ethyl adjacent to an activating group) is 1. The molecule has 49 heavy (non-hydrogen) atoms. The molecule has 1 unspecified atom stereocenters. The van der Waals surface area contributed by atoms with Crippen molar-refractivity contribution in [1.29, 1.82) is 0 Å². The molecule has 0 heterocycles. The Morgan fingerprint density at radius 2 is 1.57 bits per heavy atom. The fourth-order valence-corrected chi connectivity index (χ4v) is 14.3. The number of fused-ring (bicyclic) bond motifs is 7. The molecule has 6 aliphatic rings. The van der Waals surface area contributed by atoms with Crippen LogP contribution in [0.15, 0.2) is 42.5 Å². The van der Waals surface area contributed by atoms with Gasteiger partial charge >= 0.3 is 5.97 Å². The van der Waals surface area contributed by atoms with Gasteiger partial charge in [-0.1, -0.05) is 78.8 Å². The Labute approximate surface area is 299 Å². The lowest BCUT2D eigenvalue weighted by atomic mass is 9.32. The lowest BCUT2D eigenvalue weighted by Gasteiger charge is -2.72.